The number of benzene rings is 2. The third kappa shape index (κ3) is 6.07. The molecule has 33 heavy (non-hydrogen) atoms. The highest BCUT2D eigenvalue weighted by Crippen LogP contribution is 2.33. The first-order chi connectivity index (χ1) is 16.3. The molecule has 0 spiro atoms. The number of nitrogens with zero attached hydrogens (tertiary/aromatic N) is 2. The number of aromatic nitrogens is 1. The van der Waals surface area contributed by atoms with Crippen LogP contribution in [0.25, 0.3) is 0 Å². The Kier molecular flexibility index (Phi) is 8.24. The molecule has 1 amide bonds. The van der Waals surface area contributed by atoms with Gasteiger partial charge in [-0.2, -0.15) is 0 Å². The van der Waals surface area contributed by atoms with E-state index in [1.54, 1.807) is 0 Å². The first kappa shape index (κ1) is 23.2. The third-order valence-electron chi connectivity index (χ3n) is 6.51. The number of hydrogen-bond donors (Lipinski definition) is 0. The van der Waals surface area contributed by atoms with Gasteiger partial charge in [-0.15, -0.1) is 0 Å². The van der Waals surface area contributed by atoms with Crippen LogP contribution in [0.15, 0.2) is 72.9 Å². The second kappa shape index (κ2) is 11.7. The Balaban J connectivity index is 1.48. The summed E-state index contributed by atoms with van der Waals surface area (Å²) in [6.07, 6.45) is 9.59. The lowest BCUT2D eigenvalue weighted by Crippen LogP contribution is -2.35. The Morgan fingerprint density at radius 1 is 0.909 bits per heavy atom. The molecule has 0 N–H and O–H groups in total. The second-order valence-electron chi connectivity index (χ2n) is 8.98. The lowest BCUT2D eigenvalue weighted by Gasteiger charge is -2.31. The Morgan fingerprint density at radius 2 is 1.70 bits per heavy atom. The summed E-state index contributed by atoms with van der Waals surface area (Å²) >= 11 is 0. The van der Waals surface area contributed by atoms with Crippen molar-refractivity contribution in [2.75, 3.05) is 6.54 Å². The zero-order valence-electron chi connectivity index (χ0n) is 19.8. The molecule has 4 heteroatoms. The van der Waals surface area contributed by atoms with Gasteiger partial charge in [0.1, 0.15) is 12.4 Å². The normalized spacial score (nSPS) is 15.7. The average Bonchev–Trinajstić information content (AvgIpc) is 3.23. The number of fused-ring (bicyclic) bond motifs is 1. The van der Waals surface area contributed by atoms with Gasteiger partial charge in [-0.25, -0.2) is 0 Å². The van der Waals surface area contributed by atoms with E-state index in [9.17, 15) is 4.79 Å². The van der Waals surface area contributed by atoms with Crippen LogP contribution in [0.3, 0.4) is 0 Å². The summed E-state index contributed by atoms with van der Waals surface area (Å²) in [5, 5.41) is 0. The topological polar surface area (TPSA) is 34.5 Å². The van der Waals surface area contributed by atoms with E-state index in [1.165, 1.54) is 25.0 Å². The largest absolute Gasteiger partial charge is 0.489 e. The lowest BCUT2D eigenvalue weighted by molar-refractivity contribution is -0.133. The van der Waals surface area contributed by atoms with Crippen molar-refractivity contribution in [1.29, 1.82) is 0 Å². The average molecular weight is 445 g/mol. The summed E-state index contributed by atoms with van der Waals surface area (Å²) in [5.41, 5.74) is 3.49. The maximum absolute atomic E-state index is 13.3. The maximum atomic E-state index is 13.3. The molecule has 4 nitrogen and oxygen atoms in total. The van der Waals surface area contributed by atoms with Gasteiger partial charge in [0.25, 0.3) is 0 Å². The molecular weight excluding hydrogens is 408 g/mol. The fraction of sp³-hybridized carbons (Fsp3) is 0.414. The second-order valence-corrected chi connectivity index (χ2v) is 8.98. The van der Waals surface area contributed by atoms with Crippen molar-refractivity contribution >= 4 is 5.91 Å². The Labute approximate surface area is 198 Å². The number of ether oxygens (including phenoxy) is 1. The molecule has 174 valence electrons. The van der Waals surface area contributed by atoms with Crippen LogP contribution in [0, 0.1) is 0 Å². The highest BCUT2D eigenvalue weighted by molar-refractivity contribution is 5.77. The van der Waals surface area contributed by atoms with Gasteiger partial charge < -0.3 is 14.2 Å². The summed E-state index contributed by atoms with van der Waals surface area (Å²) in [7, 11) is 0. The van der Waals surface area contributed by atoms with Crippen molar-refractivity contribution in [1.82, 2.24) is 9.47 Å². The molecule has 0 radical (unpaired) electrons. The fourth-order valence-electron chi connectivity index (χ4n) is 4.71. The van der Waals surface area contributed by atoms with E-state index in [4.69, 9.17) is 4.74 Å². The smallest absolute Gasteiger partial charge is 0.223 e. The van der Waals surface area contributed by atoms with Gasteiger partial charge >= 0.3 is 0 Å². The number of aryl methyl sites for hydroxylation is 1. The van der Waals surface area contributed by atoms with Gasteiger partial charge in [-0.1, -0.05) is 75.1 Å². The van der Waals surface area contributed by atoms with Crippen molar-refractivity contribution in [3.8, 4) is 5.75 Å². The van der Waals surface area contributed by atoms with Crippen molar-refractivity contribution in [2.45, 2.75) is 71.1 Å². The van der Waals surface area contributed by atoms with E-state index in [2.05, 4.69) is 59.0 Å². The number of amides is 1. The van der Waals surface area contributed by atoms with Gasteiger partial charge in [0.2, 0.25) is 5.91 Å². The van der Waals surface area contributed by atoms with Gasteiger partial charge in [0.05, 0.1) is 6.04 Å². The van der Waals surface area contributed by atoms with Crippen molar-refractivity contribution in [2.24, 2.45) is 0 Å². The van der Waals surface area contributed by atoms with E-state index in [0.29, 0.717) is 13.0 Å². The number of carbonyl (C=O) groups is 1. The Morgan fingerprint density at radius 3 is 2.48 bits per heavy atom. The Hall–Kier alpha value is -3.01. The minimum Gasteiger partial charge on any atom is -0.489 e. The minimum absolute atomic E-state index is 0.0474. The van der Waals surface area contributed by atoms with Crippen LogP contribution >= 0.6 is 0 Å². The fourth-order valence-corrected chi connectivity index (χ4v) is 4.71. The monoisotopic (exact) mass is 444 g/mol. The molecule has 1 aliphatic rings. The van der Waals surface area contributed by atoms with E-state index in [0.717, 1.165) is 49.2 Å². The first-order valence-electron chi connectivity index (χ1n) is 12.5. The molecule has 0 saturated heterocycles. The minimum atomic E-state index is -0.0474. The van der Waals surface area contributed by atoms with E-state index < -0.39 is 0 Å². The molecule has 3 aromatic rings. The van der Waals surface area contributed by atoms with Gasteiger partial charge in [-0.05, 0) is 48.2 Å². The molecule has 0 aliphatic carbocycles. The molecule has 1 unspecified atom stereocenters. The van der Waals surface area contributed by atoms with Crippen molar-refractivity contribution in [3.05, 3.63) is 89.7 Å². The molecule has 1 aliphatic heterocycles. The molecule has 1 aromatic heterocycles. The summed E-state index contributed by atoms with van der Waals surface area (Å²) < 4.78 is 8.29. The first-order valence-corrected chi connectivity index (χ1v) is 12.5. The zero-order valence-corrected chi connectivity index (χ0v) is 19.8. The van der Waals surface area contributed by atoms with Crippen LogP contribution < -0.4 is 4.74 Å². The SMILES string of the molecule is CCCCCCCC(=O)N1CCCn2cccc2C1c1ccc(OCc2ccccc2)cc1. The van der Waals surface area contributed by atoms with Crippen LogP contribution in [0.4, 0.5) is 0 Å². The molecule has 0 bridgehead atoms. The zero-order chi connectivity index (χ0) is 22.9. The van der Waals surface area contributed by atoms with Crippen LogP contribution in [-0.4, -0.2) is 21.9 Å². The van der Waals surface area contributed by atoms with E-state index in [1.807, 2.05) is 30.3 Å². The highest BCUT2D eigenvalue weighted by atomic mass is 16.5. The molecule has 2 heterocycles. The van der Waals surface area contributed by atoms with Crippen LogP contribution in [0.5, 0.6) is 5.75 Å². The van der Waals surface area contributed by atoms with Gasteiger partial charge in [0.15, 0.2) is 0 Å². The quantitative estimate of drug-likeness (QED) is 0.324. The lowest BCUT2D eigenvalue weighted by atomic mass is 10.0. The molecule has 4 rings (SSSR count). The predicted molar refractivity (Wildman–Crippen MR) is 133 cm³/mol. The Bertz CT molecular complexity index is 994. The van der Waals surface area contributed by atoms with Crippen molar-refractivity contribution < 1.29 is 9.53 Å². The van der Waals surface area contributed by atoms with E-state index in [-0.39, 0.29) is 11.9 Å². The molecule has 1 atom stereocenters. The third-order valence-corrected chi connectivity index (χ3v) is 6.51. The van der Waals surface area contributed by atoms with Crippen LogP contribution in [0.1, 0.15) is 74.7 Å². The molecule has 0 saturated carbocycles. The number of rotatable bonds is 10. The summed E-state index contributed by atoms with van der Waals surface area (Å²) in [6.45, 7) is 4.53. The molecule has 2 aromatic carbocycles. The number of carbonyl (C=O) groups excluding carboxylic acids is 1. The van der Waals surface area contributed by atoms with Gasteiger partial charge in [-0.3, -0.25) is 4.79 Å². The standard InChI is InChI=1S/C29H36N2O2/c1-2-3-4-5-9-15-28(32)31-22-11-21-30-20-10-14-27(30)29(31)25-16-18-26(19-17-25)33-23-24-12-7-6-8-13-24/h6-8,10,12-14,16-20,29H,2-5,9,11,15,21-23H2,1H3. The summed E-state index contributed by atoms with van der Waals surface area (Å²) in [4.78, 5) is 15.4. The number of hydrogen-bond acceptors (Lipinski definition) is 2. The van der Waals surface area contributed by atoms with Crippen LogP contribution in [0.2, 0.25) is 0 Å². The summed E-state index contributed by atoms with van der Waals surface area (Å²) in [6, 6.07) is 22.7. The molecule has 0 fully saturated rings. The molecular formula is C29H36N2O2. The number of unbranched alkanes of at least 4 members (excludes halogenated alkanes) is 4. The maximum Gasteiger partial charge on any atom is 0.223 e. The predicted octanol–water partition coefficient (Wildman–Crippen LogP) is 6.75. The summed E-state index contributed by atoms with van der Waals surface area (Å²) in [5.74, 6) is 1.12. The highest BCUT2D eigenvalue weighted by Gasteiger charge is 2.30. The van der Waals surface area contributed by atoms with Crippen molar-refractivity contribution in [3.63, 3.8) is 0 Å². The van der Waals surface area contributed by atoms with Gasteiger partial charge in [0, 0.05) is 31.4 Å². The van der Waals surface area contributed by atoms with E-state index >= 15 is 0 Å². The van der Waals surface area contributed by atoms with Crippen LogP contribution in [-0.2, 0) is 17.9 Å².